The molecule has 0 radical (unpaired) electrons. The van der Waals surface area contributed by atoms with Crippen molar-refractivity contribution in [3.05, 3.63) is 56.3 Å². The predicted octanol–water partition coefficient (Wildman–Crippen LogP) is 4.37. The molecular weight excluding hydrogens is 302 g/mol. The maximum Gasteiger partial charge on any atom is 0.421 e. The largest absolute Gasteiger partial charge is 0.421 e. The first-order valence-corrected chi connectivity index (χ1v) is 5.80. The molecule has 0 saturated heterocycles. The molecule has 0 saturated carbocycles. The Kier molecular flexibility index (Phi) is 3.60. The second-order valence-electron chi connectivity index (χ2n) is 3.72. The van der Waals surface area contributed by atoms with E-state index in [0.29, 0.717) is 6.20 Å². The summed E-state index contributed by atoms with van der Waals surface area (Å²) in [6, 6.07) is 5.48. The highest BCUT2D eigenvalue weighted by Crippen LogP contribution is 2.33. The third-order valence-electron chi connectivity index (χ3n) is 2.45. The van der Waals surface area contributed by atoms with Crippen LogP contribution < -0.4 is 5.43 Å². The molecule has 0 unspecified atom stereocenters. The van der Waals surface area contributed by atoms with Gasteiger partial charge in [0, 0.05) is 17.8 Å². The van der Waals surface area contributed by atoms with E-state index >= 15 is 0 Å². The number of hydrogen-bond acceptors (Lipinski definition) is 1. The van der Waals surface area contributed by atoms with Crippen molar-refractivity contribution < 1.29 is 13.2 Å². The van der Waals surface area contributed by atoms with Crippen LogP contribution in [0.1, 0.15) is 5.56 Å². The lowest BCUT2D eigenvalue weighted by atomic mass is 10.1. The van der Waals surface area contributed by atoms with Crippen LogP contribution in [0.3, 0.4) is 0 Å². The summed E-state index contributed by atoms with van der Waals surface area (Å²) in [5.41, 5.74) is -1.98. The van der Waals surface area contributed by atoms with E-state index in [-0.39, 0.29) is 21.3 Å². The summed E-state index contributed by atoms with van der Waals surface area (Å²) in [4.78, 5) is 13.8. The molecule has 1 aromatic carbocycles. The van der Waals surface area contributed by atoms with Crippen molar-refractivity contribution in [3.8, 4) is 11.3 Å². The summed E-state index contributed by atoms with van der Waals surface area (Å²) in [5, 5.41) is 0.478. The molecule has 2 aromatic rings. The topological polar surface area (TPSA) is 32.9 Å². The van der Waals surface area contributed by atoms with E-state index < -0.39 is 17.2 Å². The summed E-state index contributed by atoms with van der Waals surface area (Å²) < 4.78 is 37.4. The van der Waals surface area contributed by atoms with Crippen LogP contribution >= 0.6 is 23.2 Å². The summed E-state index contributed by atoms with van der Waals surface area (Å²) >= 11 is 11.8. The Labute approximate surface area is 115 Å². The normalized spacial score (nSPS) is 11.6. The molecule has 0 amide bonds. The highest BCUT2D eigenvalue weighted by Gasteiger charge is 2.33. The van der Waals surface area contributed by atoms with Gasteiger partial charge in [-0.25, -0.2) is 0 Å². The monoisotopic (exact) mass is 307 g/mol. The zero-order valence-corrected chi connectivity index (χ0v) is 10.7. The van der Waals surface area contributed by atoms with Gasteiger partial charge in [0.25, 0.3) is 0 Å². The van der Waals surface area contributed by atoms with E-state index in [1.54, 1.807) is 6.07 Å². The maximum absolute atomic E-state index is 12.5. The molecule has 1 N–H and O–H groups in total. The average molecular weight is 308 g/mol. The summed E-state index contributed by atoms with van der Waals surface area (Å²) in [5.74, 6) is 0. The fourth-order valence-corrected chi connectivity index (χ4v) is 2.19. The lowest BCUT2D eigenvalue weighted by molar-refractivity contribution is -0.138. The van der Waals surface area contributed by atoms with Gasteiger partial charge in [0.1, 0.15) is 5.56 Å². The molecule has 0 aliphatic heterocycles. The van der Waals surface area contributed by atoms with Crippen molar-refractivity contribution in [2.24, 2.45) is 0 Å². The van der Waals surface area contributed by atoms with Crippen LogP contribution in [0.15, 0.2) is 35.3 Å². The third-order valence-corrected chi connectivity index (χ3v) is 3.08. The van der Waals surface area contributed by atoms with E-state index in [1.807, 2.05) is 0 Å². The number of rotatable bonds is 1. The van der Waals surface area contributed by atoms with Gasteiger partial charge in [-0.3, -0.25) is 4.79 Å². The van der Waals surface area contributed by atoms with Crippen molar-refractivity contribution in [1.29, 1.82) is 0 Å². The number of pyridine rings is 1. The molecule has 100 valence electrons. The van der Waals surface area contributed by atoms with Gasteiger partial charge >= 0.3 is 6.18 Å². The van der Waals surface area contributed by atoms with Crippen LogP contribution in [0.25, 0.3) is 11.3 Å². The lowest BCUT2D eigenvalue weighted by Gasteiger charge is -2.09. The van der Waals surface area contributed by atoms with Gasteiger partial charge in [0.2, 0.25) is 0 Å². The first kappa shape index (κ1) is 14.0. The van der Waals surface area contributed by atoms with Crippen molar-refractivity contribution >= 4 is 23.2 Å². The molecule has 1 heterocycles. The van der Waals surface area contributed by atoms with Crippen molar-refractivity contribution in [2.45, 2.75) is 6.18 Å². The minimum atomic E-state index is -4.70. The number of hydrogen-bond donors (Lipinski definition) is 1. The van der Waals surface area contributed by atoms with Gasteiger partial charge < -0.3 is 4.98 Å². The molecule has 2 rings (SSSR count). The van der Waals surface area contributed by atoms with Crippen LogP contribution in [0, 0.1) is 0 Å². The summed E-state index contributed by atoms with van der Waals surface area (Å²) in [6.45, 7) is 0. The molecule has 0 fully saturated rings. The Bertz CT molecular complexity index is 659. The first-order valence-electron chi connectivity index (χ1n) is 5.05. The number of H-pyrrole nitrogens is 1. The van der Waals surface area contributed by atoms with Crippen LogP contribution in [0.2, 0.25) is 10.0 Å². The Morgan fingerprint density at radius 2 is 1.68 bits per heavy atom. The molecular formula is C12H6Cl2F3NO. The van der Waals surface area contributed by atoms with Gasteiger partial charge in [0.05, 0.1) is 15.7 Å². The highest BCUT2D eigenvalue weighted by atomic mass is 35.5. The van der Waals surface area contributed by atoms with Crippen LogP contribution in [-0.4, -0.2) is 4.98 Å². The molecule has 2 nitrogen and oxygen atoms in total. The van der Waals surface area contributed by atoms with Crippen LogP contribution in [0.5, 0.6) is 0 Å². The molecule has 0 atom stereocenters. The summed E-state index contributed by atoms with van der Waals surface area (Å²) in [7, 11) is 0. The van der Waals surface area contributed by atoms with E-state index in [0.717, 1.165) is 6.07 Å². The Balaban J connectivity index is 2.61. The van der Waals surface area contributed by atoms with Gasteiger partial charge in [0.15, 0.2) is 5.43 Å². The summed E-state index contributed by atoms with van der Waals surface area (Å²) in [6.07, 6.45) is -4.09. The zero-order chi connectivity index (χ0) is 14.2. The molecule has 7 heteroatoms. The molecule has 0 aliphatic carbocycles. The Morgan fingerprint density at radius 3 is 2.16 bits per heavy atom. The maximum atomic E-state index is 12.5. The average Bonchev–Trinajstić information content (AvgIpc) is 2.27. The quantitative estimate of drug-likeness (QED) is 0.834. The second kappa shape index (κ2) is 4.90. The smallest absolute Gasteiger partial charge is 0.360 e. The standard InChI is InChI=1S/C12H6Cl2F3NO/c13-7-2-1-3-8(14)11(7)9-4-10(19)6(5-18-9)12(15,16)17/h1-5H,(H,18,19). The van der Waals surface area contributed by atoms with Gasteiger partial charge in [-0.2, -0.15) is 13.2 Å². The Morgan fingerprint density at radius 1 is 1.11 bits per heavy atom. The molecule has 0 spiro atoms. The number of benzene rings is 1. The van der Waals surface area contributed by atoms with E-state index in [9.17, 15) is 18.0 Å². The minimum Gasteiger partial charge on any atom is -0.360 e. The van der Waals surface area contributed by atoms with Crippen LogP contribution in [0.4, 0.5) is 13.2 Å². The van der Waals surface area contributed by atoms with E-state index in [2.05, 4.69) is 4.98 Å². The third kappa shape index (κ3) is 2.77. The fourth-order valence-electron chi connectivity index (χ4n) is 1.59. The number of aromatic nitrogens is 1. The van der Waals surface area contributed by atoms with Crippen molar-refractivity contribution in [1.82, 2.24) is 4.98 Å². The van der Waals surface area contributed by atoms with Crippen molar-refractivity contribution in [3.63, 3.8) is 0 Å². The Hall–Kier alpha value is -1.46. The van der Waals surface area contributed by atoms with Gasteiger partial charge in [-0.1, -0.05) is 29.3 Å². The number of alkyl halides is 3. The lowest BCUT2D eigenvalue weighted by Crippen LogP contribution is -2.19. The number of halogens is 5. The first-order chi connectivity index (χ1) is 8.80. The molecule has 19 heavy (non-hydrogen) atoms. The van der Waals surface area contributed by atoms with E-state index in [4.69, 9.17) is 23.2 Å². The van der Waals surface area contributed by atoms with Crippen molar-refractivity contribution in [2.75, 3.05) is 0 Å². The molecule has 0 aliphatic rings. The predicted molar refractivity (Wildman–Crippen MR) is 67.5 cm³/mol. The zero-order valence-electron chi connectivity index (χ0n) is 9.18. The minimum absolute atomic E-state index is 0.133. The highest BCUT2D eigenvalue weighted by molar-refractivity contribution is 6.39. The molecule has 0 bridgehead atoms. The molecule has 1 aromatic heterocycles. The van der Waals surface area contributed by atoms with E-state index in [1.165, 1.54) is 12.1 Å². The SMILES string of the molecule is O=c1cc(-c2c(Cl)cccc2Cl)[nH]cc1C(F)(F)F. The number of aromatic amines is 1. The van der Waals surface area contributed by atoms with Gasteiger partial charge in [-0.05, 0) is 12.1 Å². The number of nitrogens with one attached hydrogen (secondary N) is 1. The van der Waals surface area contributed by atoms with Crippen LogP contribution in [-0.2, 0) is 6.18 Å². The fraction of sp³-hybridized carbons (Fsp3) is 0.0833. The van der Waals surface area contributed by atoms with Gasteiger partial charge in [-0.15, -0.1) is 0 Å². The second-order valence-corrected chi connectivity index (χ2v) is 4.53.